The van der Waals surface area contributed by atoms with Crippen molar-refractivity contribution in [3.05, 3.63) is 34.6 Å². The Balaban J connectivity index is 2.80. The molecular formula is C12H12ClFN2O4. The van der Waals surface area contributed by atoms with E-state index in [9.17, 15) is 18.8 Å². The van der Waals surface area contributed by atoms with Crippen molar-refractivity contribution in [1.29, 1.82) is 0 Å². The molecule has 0 fully saturated rings. The second-order valence-electron chi connectivity index (χ2n) is 3.99. The Morgan fingerprint density at radius 2 is 2.05 bits per heavy atom. The number of carbonyl (C=O) groups is 3. The van der Waals surface area contributed by atoms with Crippen LogP contribution in [0.2, 0.25) is 5.02 Å². The standard InChI is InChI=1S/C12H12ClFN2O4/c13-6-1-2-7(8(14)5-6)11(18)16-9(12(19)20)3-4-10(15)17/h1-2,5,9H,3-4H2,(H2,15,17)(H,16,18)(H,19,20)/t9-/m1/s1. The zero-order valence-corrected chi connectivity index (χ0v) is 11.0. The summed E-state index contributed by atoms with van der Waals surface area (Å²) < 4.78 is 13.5. The Bertz CT molecular complexity index is 550. The largest absolute Gasteiger partial charge is 0.480 e. The van der Waals surface area contributed by atoms with Crippen molar-refractivity contribution in [2.45, 2.75) is 18.9 Å². The summed E-state index contributed by atoms with van der Waals surface area (Å²) in [4.78, 5) is 33.3. The third-order valence-corrected chi connectivity index (χ3v) is 2.69. The van der Waals surface area contributed by atoms with Gasteiger partial charge in [-0.1, -0.05) is 11.6 Å². The van der Waals surface area contributed by atoms with Crippen LogP contribution < -0.4 is 11.1 Å². The van der Waals surface area contributed by atoms with Crippen LogP contribution in [0.3, 0.4) is 0 Å². The van der Waals surface area contributed by atoms with E-state index in [2.05, 4.69) is 5.32 Å². The smallest absolute Gasteiger partial charge is 0.326 e. The fraction of sp³-hybridized carbons (Fsp3) is 0.250. The molecule has 1 atom stereocenters. The van der Waals surface area contributed by atoms with Crippen molar-refractivity contribution < 1.29 is 23.9 Å². The molecule has 4 N–H and O–H groups in total. The van der Waals surface area contributed by atoms with Crippen LogP contribution in [0.4, 0.5) is 4.39 Å². The highest BCUT2D eigenvalue weighted by Crippen LogP contribution is 2.14. The van der Waals surface area contributed by atoms with Gasteiger partial charge in [-0.2, -0.15) is 0 Å². The van der Waals surface area contributed by atoms with Crippen molar-refractivity contribution in [1.82, 2.24) is 5.32 Å². The van der Waals surface area contributed by atoms with E-state index >= 15 is 0 Å². The number of halogens is 2. The fourth-order valence-corrected chi connectivity index (χ4v) is 1.61. The molecule has 8 heteroatoms. The molecule has 0 bridgehead atoms. The zero-order chi connectivity index (χ0) is 15.3. The van der Waals surface area contributed by atoms with Gasteiger partial charge in [0.05, 0.1) is 5.56 Å². The van der Waals surface area contributed by atoms with Gasteiger partial charge >= 0.3 is 5.97 Å². The first-order valence-corrected chi connectivity index (χ1v) is 5.96. The summed E-state index contributed by atoms with van der Waals surface area (Å²) in [5, 5.41) is 11.1. The molecule has 1 rings (SSSR count). The predicted octanol–water partition coefficient (Wildman–Crippen LogP) is 0.928. The van der Waals surface area contributed by atoms with Gasteiger partial charge in [-0.25, -0.2) is 9.18 Å². The first-order valence-electron chi connectivity index (χ1n) is 5.58. The Kier molecular flexibility index (Phi) is 5.45. The first-order chi connectivity index (χ1) is 9.31. The molecule has 2 amide bonds. The van der Waals surface area contributed by atoms with Crippen LogP contribution >= 0.6 is 11.6 Å². The van der Waals surface area contributed by atoms with Gasteiger partial charge in [0.15, 0.2) is 0 Å². The number of hydrogen-bond donors (Lipinski definition) is 3. The minimum absolute atomic E-state index is 0.113. The molecule has 0 aliphatic rings. The molecule has 0 spiro atoms. The van der Waals surface area contributed by atoms with Gasteiger partial charge in [0.1, 0.15) is 11.9 Å². The van der Waals surface area contributed by atoms with Crippen molar-refractivity contribution in [3.63, 3.8) is 0 Å². The Morgan fingerprint density at radius 1 is 1.40 bits per heavy atom. The van der Waals surface area contributed by atoms with Gasteiger partial charge in [0.2, 0.25) is 5.91 Å². The van der Waals surface area contributed by atoms with E-state index in [0.717, 1.165) is 12.1 Å². The second-order valence-corrected chi connectivity index (χ2v) is 4.43. The van der Waals surface area contributed by atoms with Crippen molar-refractivity contribution in [2.24, 2.45) is 5.73 Å². The van der Waals surface area contributed by atoms with E-state index in [1.165, 1.54) is 6.07 Å². The minimum atomic E-state index is -1.34. The maximum absolute atomic E-state index is 13.5. The van der Waals surface area contributed by atoms with Crippen LogP contribution in [0, 0.1) is 5.82 Å². The lowest BCUT2D eigenvalue weighted by Crippen LogP contribution is -2.41. The highest BCUT2D eigenvalue weighted by atomic mass is 35.5. The Hall–Kier alpha value is -2.15. The summed E-state index contributed by atoms with van der Waals surface area (Å²) in [7, 11) is 0. The van der Waals surface area contributed by atoms with Gasteiger partial charge in [0, 0.05) is 11.4 Å². The number of nitrogens with two attached hydrogens (primary N) is 1. The molecule has 6 nitrogen and oxygen atoms in total. The van der Waals surface area contributed by atoms with Crippen LogP contribution in [0.15, 0.2) is 18.2 Å². The summed E-state index contributed by atoms with van der Waals surface area (Å²) >= 11 is 5.55. The lowest BCUT2D eigenvalue weighted by molar-refractivity contribution is -0.139. The van der Waals surface area contributed by atoms with E-state index in [-0.39, 0.29) is 23.4 Å². The molecular weight excluding hydrogens is 291 g/mol. The fourth-order valence-electron chi connectivity index (χ4n) is 1.45. The van der Waals surface area contributed by atoms with Crippen LogP contribution in [0.1, 0.15) is 23.2 Å². The number of nitrogens with one attached hydrogen (secondary N) is 1. The molecule has 1 aromatic rings. The van der Waals surface area contributed by atoms with Gasteiger partial charge < -0.3 is 16.2 Å². The molecule has 0 aliphatic heterocycles. The number of carboxylic acid groups (broad SMARTS) is 1. The predicted molar refractivity (Wildman–Crippen MR) is 68.7 cm³/mol. The summed E-state index contributed by atoms with van der Waals surface area (Å²) in [6, 6.07) is 2.05. The highest BCUT2D eigenvalue weighted by Gasteiger charge is 2.22. The summed E-state index contributed by atoms with van der Waals surface area (Å²) in [6.07, 6.45) is -0.383. The van der Waals surface area contributed by atoms with Crippen LogP contribution in [-0.4, -0.2) is 28.9 Å². The van der Waals surface area contributed by atoms with Crippen LogP contribution in [0.5, 0.6) is 0 Å². The molecule has 0 aromatic heterocycles. The zero-order valence-electron chi connectivity index (χ0n) is 10.2. The SMILES string of the molecule is NC(=O)CC[C@@H](NC(=O)c1ccc(Cl)cc1F)C(=O)O. The molecule has 1 aromatic carbocycles. The van der Waals surface area contributed by atoms with Crippen molar-refractivity contribution >= 4 is 29.4 Å². The maximum Gasteiger partial charge on any atom is 0.326 e. The summed E-state index contributed by atoms with van der Waals surface area (Å²) in [6.45, 7) is 0. The molecule has 0 saturated heterocycles. The Morgan fingerprint density at radius 3 is 2.55 bits per heavy atom. The van der Waals surface area contributed by atoms with Gasteiger partial charge in [-0.15, -0.1) is 0 Å². The third kappa shape index (κ3) is 4.51. The molecule has 0 aliphatic carbocycles. The van der Waals surface area contributed by atoms with Crippen molar-refractivity contribution in [3.8, 4) is 0 Å². The van der Waals surface area contributed by atoms with Crippen molar-refractivity contribution in [2.75, 3.05) is 0 Å². The molecule has 0 unspecified atom stereocenters. The Labute approximate surface area is 118 Å². The van der Waals surface area contributed by atoms with E-state index < -0.39 is 29.6 Å². The summed E-state index contributed by atoms with van der Waals surface area (Å²) in [5.41, 5.74) is 4.57. The van der Waals surface area contributed by atoms with E-state index in [1.54, 1.807) is 0 Å². The lowest BCUT2D eigenvalue weighted by atomic mass is 10.1. The average Bonchev–Trinajstić information content (AvgIpc) is 2.33. The number of aliphatic carboxylic acids is 1. The maximum atomic E-state index is 13.5. The normalized spacial score (nSPS) is 11.7. The first kappa shape index (κ1) is 15.9. The molecule has 20 heavy (non-hydrogen) atoms. The number of hydrogen-bond acceptors (Lipinski definition) is 3. The quantitative estimate of drug-likeness (QED) is 0.726. The number of rotatable bonds is 6. The van der Waals surface area contributed by atoms with Gasteiger partial charge in [-0.05, 0) is 24.6 Å². The highest BCUT2D eigenvalue weighted by molar-refractivity contribution is 6.30. The number of carbonyl (C=O) groups excluding carboxylic acids is 2. The number of carboxylic acids is 1. The molecule has 108 valence electrons. The van der Waals surface area contributed by atoms with Crippen LogP contribution in [-0.2, 0) is 9.59 Å². The van der Waals surface area contributed by atoms with Crippen LogP contribution in [0.25, 0.3) is 0 Å². The van der Waals surface area contributed by atoms with E-state index in [4.69, 9.17) is 22.4 Å². The molecule has 0 radical (unpaired) electrons. The van der Waals surface area contributed by atoms with E-state index in [0.29, 0.717) is 0 Å². The van der Waals surface area contributed by atoms with E-state index in [1.807, 2.05) is 0 Å². The number of benzene rings is 1. The lowest BCUT2D eigenvalue weighted by Gasteiger charge is -2.14. The third-order valence-electron chi connectivity index (χ3n) is 2.46. The average molecular weight is 303 g/mol. The molecule has 0 saturated carbocycles. The number of primary amides is 1. The minimum Gasteiger partial charge on any atom is -0.480 e. The van der Waals surface area contributed by atoms with Gasteiger partial charge in [-0.3, -0.25) is 9.59 Å². The monoisotopic (exact) mass is 302 g/mol. The topological polar surface area (TPSA) is 109 Å². The number of amides is 2. The second kappa shape index (κ2) is 6.85. The summed E-state index contributed by atoms with van der Waals surface area (Å²) in [5.74, 6) is -3.80. The molecule has 0 heterocycles. The van der Waals surface area contributed by atoms with Gasteiger partial charge in [0.25, 0.3) is 5.91 Å².